The molecule has 0 bridgehead atoms. The van der Waals surface area contributed by atoms with Gasteiger partial charge in [-0.2, -0.15) is 0 Å². The van der Waals surface area contributed by atoms with Crippen molar-refractivity contribution >= 4 is 35.8 Å². The van der Waals surface area contributed by atoms with Gasteiger partial charge in [-0.3, -0.25) is 14.7 Å². The summed E-state index contributed by atoms with van der Waals surface area (Å²) in [6.07, 6.45) is 2.65. The van der Waals surface area contributed by atoms with Crippen LogP contribution in [0.5, 0.6) is 0 Å². The lowest BCUT2D eigenvalue weighted by Gasteiger charge is -2.30. The average molecular weight is 467 g/mol. The van der Waals surface area contributed by atoms with Gasteiger partial charge in [-0.15, -0.1) is 24.0 Å². The Morgan fingerprint density at radius 3 is 2.44 bits per heavy atom. The molecular formula is C18H38IN5O. The molecular weight excluding hydrogens is 429 g/mol. The number of likely N-dealkylation sites (tertiary alicyclic amines) is 1. The highest BCUT2D eigenvalue weighted by atomic mass is 127. The monoisotopic (exact) mass is 467 g/mol. The maximum atomic E-state index is 11.6. The largest absolute Gasteiger partial charge is 0.357 e. The van der Waals surface area contributed by atoms with Crippen molar-refractivity contribution in [1.29, 1.82) is 0 Å². The van der Waals surface area contributed by atoms with Gasteiger partial charge in [0.1, 0.15) is 0 Å². The van der Waals surface area contributed by atoms with Crippen molar-refractivity contribution in [2.24, 2.45) is 4.99 Å². The predicted octanol–water partition coefficient (Wildman–Crippen LogP) is 2.29. The third-order valence-electron chi connectivity index (χ3n) is 4.36. The molecule has 1 saturated heterocycles. The number of nitrogens with zero attached hydrogens (tertiary/aromatic N) is 3. The molecule has 1 aliphatic rings. The van der Waals surface area contributed by atoms with E-state index >= 15 is 0 Å². The van der Waals surface area contributed by atoms with Crippen LogP contribution < -0.4 is 10.6 Å². The van der Waals surface area contributed by atoms with Gasteiger partial charge in [0.2, 0.25) is 5.91 Å². The summed E-state index contributed by atoms with van der Waals surface area (Å²) in [5.74, 6) is 1.17. The van der Waals surface area contributed by atoms with E-state index in [0.29, 0.717) is 18.0 Å². The van der Waals surface area contributed by atoms with Crippen molar-refractivity contribution in [2.75, 3.05) is 39.3 Å². The van der Waals surface area contributed by atoms with Crippen molar-refractivity contribution in [3.8, 4) is 0 Å². The minimum absolute atomic E-state index is 0. The maximum absolute atomic E-state index is 11.6. The number of rotatable bonds is 10. The number of hydrogen-bond donors (Lipinski definition) is 2. The van der Waals surface area contributed by atoms with Crippen molar-refractivity contribution in [3.05, 3.63) is 0 Å². The molecule has 0 aromatic rings. The predicted molar refractivity (Wildman–Crippen MR) is 117 cm³/mol. The molecule has 0 aliphatic carbocycles. The second kappa shape index (κ2) is 13.6. The first-order chi connectivity index (χ1) is 11.5. The molecule has 2 N–H and O–H groups in total. The SMILES string of the molecule is CCNC(=NCCCN1CCCC1=O)NCCN(C(C)C)C(C)C.I. The number of hydrogen-bond acceptors (Lipinski definition) is 3. The number of aliphatic imine (C=N–C) groups is 1. The molecule has 1 amide bonds. The molecule has 0 radical (unpaired) electrons. The van der Waals surface area contributed by atoms with Gasteiger partial charge in [-0.25, -0.2) is 0 Å². The van der Waals surface area contributed by atoms with E-state index in [2.05, 4.69) is 55.1 Å². The molecule has 0 aromatic carbocycles. The first-order valence-electron chi connectivity index (χ1n) is 9.51. The first kappa shape index (κ1) is 24.4. The van der Waals surface area contributed by atoms with E-state index in [9.17, 15) is 4.79 Å². The van der Waals surface area contributed by atoms with Gasteiger partial charge in [0.25, 0.3) is 0 Å². The van der Waals surface area contributed by atoms with Crippen LogP contribution in [-0.2, 0) is 4.79 Å². The molecule has 1 rings (SSSR count). The second-order valence-electron chi connectivity index (χ2n) is 6.95. The number of amides is 1. The summed E-state index contributed by atoms with van der Waals surface area (Å²) in [6, 6.07) is 1.09. The Morgan fingerprint density at radius 2 is 1.92 bits per heavy atom. The Hall–Kier alpha value is -0.570. The number of halogens is 1. The Bertz CT molecular complexity index is 393. The zero-order valence-electron chi connectivity index (χ0n) is 16.7. The Balaban J connectivity index is 0.00000576. The lowest BCUT2D eigenvalue weighted by Crippen LogP contribution is -2.45. The van der Waals surface area contributed by atoms with Gasteiger partial charge in [0.05, 0.1) is 0 Å². The molecule has 25 heavy (non-hydrogen) atoms. The van der Waals surface area contributed by atoms with Crippen molar-refractivity contribution < 1.29 is 4.79 Å². The van der Waals surface area contributed by atoms with Gasteiger partial charge >= 0.3 is 0 Å². The van der Waals surface area contributed by atoms with Gasteiger partial charge in [0.15, 0.2) is 5.96 Å². The molecule has 0 unspecified atom stereocenters. The lowest BCUT2D eigenvalue weighted by molar-refractivity contribution is -0.127. The summed E-state index contributed by atoms with van der Waals surface area (Å²) >= 11 is 0. The summed E-state index contributed by atoms with van der Waals surface area (Å²) in [5.41, 5.74) is 0. The molecule has 7 heteroatoms. The molecule has 1 aliphatic heterocycles. The fraction of sp³-hybridized carbons (Fsp3) is 0.889. The van der Waals surface area contributed by atoms with Crippen LogP contribution in [0.25, 0.3) is 0 Å². The minimum Gasteiger partial charge on any atom is -0.357 e. The van der Waals surface area contributed by atoms with Crippen LogP contribution in [0.1, 0.15) is 53.9 Å². The fourth-order valence-corrected chi connectivity index (χ4v) is 3.15. The van der Waals surface area contributed by atoms with Gasteiger partial charge in [0, 0.05) is 57.8 Å². The molecule has 0 saturated carbocycles. The summed E-state index contributed by atoms with van der Waals surface area (Å²) in [4.78, 5) is 20.6. The minimum atomic E-state index is 0. The van der Waals surface area contributed by atoms with E-state index in [1.165, 1.54) is 0 Å². The zero-order chi connectivity index (χ0) is 17.9. The van der Waals surface area contributed by atoms with Gasteiger partial charge in [-0.05, 0) is 47.5 Å². The van der Waals surface area contributed by atoms with Crippen molar-refractivity contribution in [1.82, 2.24) is 20.4 Å². The maximum Gasteiger partial charge on any atom is 0.222 e. The van der Waals surface area contributed by atoms with E-state index in [-0.39, 0.29) is 24.0 Å². The summed E-state index contributed by atoms with van der Waals surface area (Å²) in [6.45, 7) is 16.3. The van der Waals surface area contributed by atoms with Crippen LogP contribution in [0.4, 0.5) is 0 Å². The van der Waals surface area contributed by atoms with Crippen LogP contribution >= 0.6 is 24.0 Å². The molecule has 1 heterocycles. The summed E-state index contributed by atoms with van der Waals surface area (Å²) in [7, 11) is 0. The third kappa shape index (κ3) is 9.63. The van der Waals surface area contributed by atoms with E-state index in [0.717, 1.165) is 64.5 Å². The normalized spacial score (nSPS) is 15.3. The quantitative estimate of drug-likeness (QED) is 0.224. The van der Waals surface area contributed by atoms with Crippen LogP contribution in [0.3, 0.4) is 0 Å². The molecule has 0 spiro atoms. The second-order valence-corrected chi connectivity index (χ2v) is 6.95. The number of carbonyl (C=O) groups is 1. The van der Waals surface area contributed by atoms with Crippen LogP contribution in [0.15, 0.2) is 4.99 Å². The van der Waals surface area contributed by atoms with E-state index in [1.807, 2.05) is 4.90 Å². The molecule has 0 atom stereocenters. The first-order valence-corrected chi connectivity index (χ1v) is 9.51. The summed E-state index contributed by atoms with van der Waals surface area (Å²) in [5, 5.41) is 6.71. The number of nitrogens with one attached hydrogen (secondary N) is 2. The zero-order valence-corrected chi connectivity index (χ0v) is 19.0. The van der Waals surface area contributed by atoms with Crippen molar-refractivity contribution in [2.45, 2.75) is 66.0 Å². The fourth-order valence-electron chi connectivity index (χ4n) is 3.15. The summed E-state index contributed by atoms with van der Waals surface area (Å²) < 4.78 is 0. The van der Waals surface area contributed by atoms with Crippen LogP contribution in [0.2, 0.25) is 0 Å². The van der Waals surface area contributed by atoms with Crippen molar-refractivity contribution in [3.63, 3.8) is 0 Å². The highest BCUT2D eigenvalue weighted by molar-refractivity contribution is 14.0. The topological polar surface area (TPSA) is 60.0 Å². The lowest BCUT2D eigenvalue weighted by atomic mass is 10.2. The van der Waals surface area contributed by atoms with Crippen LogP contribution in [-0.4, -0.2) is 73.0 Å². The Kier molecular flexibility index (Phi) is 13.3. The third-order valence-corrected chi connectivity index (χ3v) is 4.36. The standard InChI is InChI=1S/C18H37N5O.HI/c1-6-19-18(21-11-14-23(15(2)3)16(4)5)20-10-8-13-22-12-7-9-17(22)24;/h15-16H,6-14H2,1-5H3,(H2,19,20,21);1H. The van der Waals surface area contributed by atoms with Crippen LogP contribution in [0, 0.1) is 0 Å². The smallest absolute Gasteiger partial charge is 0.222 e. The Labute approximate surface area is 171 Å². The molecule has 148 valence electrons. The highest BCUT2D eigenvalue weighted by Crippen LogP contribution is 2.09. The van der Waals surface area contributed by atoms with E-state index < -0.39 is 0 Å². The van der Waals surface area contributed by atoms with Gasteiger partial charge in [-0.1, -0.05) is 0 Å². The Morgan fingerprint density at radius 1 is 1.24 bits per heavy atom. The molecule has 6 nitrogen and oxygen atoms in total. The van der Waals surface area contributed by atoms with Gasteiger partial charge < -0.3 is 15.5 Å². The van der Waals surface area contributed by atoms with E-state index in [4.69, 9.17) is 0 Å². The number of carbonyl (C=O) groups excluding carboxylic acids is 1. The van der Waals surface area contributed by atoms with E-state index in [1.54, 1.807) is 0 Å². The molecule has 0 aromatic heterocycles. The highest BCUT2D eigenvalue weighted by Gasteiger charge is 2.18. The average Bonchev–Trinajstić information content (AvgIpc) is 2.92. The molecule has 1 fully saturated rings. The number of guanidine groups is 1.